The summed E-state index contributed by atoms with van der Waals surface area (Å²) in [7, 11) is 0. The van der Waals surface area contributed by atoms with Crippen molar-refractivity contribution in [3.05, 3.63) is 81.5 Å². The van der Waals surface area contributed by atoms with E-state index in [1.54, 1.807) is 27.3 Å². The predicted molar refractivity (Wildman–Crippen MR) is 141 cm³/mol. The van der Waals surface area contributed by atoms with Crippen LogP contribution in [0.25, 0.3) is 11.1 Å². The zero-order chi connectivity index (χ0) is 25.7. The molecule has 0 amide bonds. The highest BCUT2D eigenvalue weighted by molar-refractivity contribution is 5.95. The fourth-order valence-electron chi connectivity index (χ4n) is 5.41. The molecule has 1 aliphatic carbocycles. The van der Waals surface area contributed by atoms with E-state index in [4.69, 9.17) is 0 Å². The third kappa shape index (κ3) is 5.80. The Morgan fingerprint density at radius 2 is 1.69 bits per heavy atom. The van der Waals surface area contributed by atoms with Crippen molar-refractivity contribution in [1.29, 1.82) is 0 Å². The minimum atomic E-state index is -0.964. The van der Waals surface area contributed by atoms with Gasteiger partial charge < -0.3 is 5.11 Å². The Balaban J connectivity index is 1.66. The lowest BCUT2D eigenvalue weighted by Gasteiger charge is -2.22. The zero-order valence-electron chi connectivity index (χ0n) is 21.4. The standard InChI is InChI=1S/C30H37FN2O3/c1-21(2)12-17-27-28(18-31)33(19-22-8-4-3-5-9-22)30(36)32(27)20-23-13-15-24(16-14-23)25-10-6-7-11-26(25)29(34)35/h6-7,10-11,13-16,21-22H,3-5,8-9,12,17-20H2,1-2H3,(H,34,35). The molecule has 36 heavy (non-hydrogen) atoms. The normalized spacial score (nSPS) is 14.4. The molecular formula is C30H37FN2O3. The summed E-state index contributed by atoms with van der Waals surface area (Å²) >= 11 is 0. The molecule has 1 N–H and O–H groups in total. The van der Waals surface area contributed by atoms with Crippen molar-refractivity contribution < 1.29 is 14.3 Å². The van der Waals surface area contributed by atoms with Gasteiger partial charge in [0.05, 0.1) is 17.8 Å². The van der Waals surface area contributed by atoms with Crippen LogP contribution in [0.1, 0.15) is 79.7 Å². The fourth-order valence-corrected chi connectivity index (χ4v) is 5.41. The van der Waals surface area contributed by atoms with E-state index in [2.05, 4.69) is 13.8 Å². The predicted octanol–water partition coefficient (Wildman–Crippen LogP) is 6.70. The van der Waals surface area contributed by atoms with E-state index in [1.807, 2.05) is 30.3 Å². The SMILES string of the molecule is CC(C)CCc1c(CF)n(CC2CCCCC2)c(=O)n1Cc1ccc(-c2ccccc2C(=O)O)cc1. The molecule has 3 aromatic rings. The number of aromatic carboxylic acids is 1. The van der Waals surface area contributed by atoms with Crippen molar-refractivity contribution in [3.63, 3.8) is 0 Å². The van der Waals surface area contributed by atoms with Crippen LogP contribution in [0.15, 0.2) is 53.3 Å². The molecule has 1 saturated carbocycles. The summed E-state index contributed by atoms with van der Waals surface area (Å²) in [4.78, 5) is 25.2. The maximum atomic E-state index is 14.4. The van der Waals surface area contributed by atoms with E-state index in [0.717, 1.165) is 36.1 Å². The summed E-state index contributed by atoms with van der Waals surface area (Å²) in [5.41, 5.74) is 3.88. The first-order valence-corrected chi connectivity index (χ1v) is 13.2. The Kier molecular flexibility index (Phi) is 8.44. The van der Waals surface area contributed by atoms with Gasteiger partial charge in [0.2, 0.25) is 0 Å². The topological polar surface area (TPSA) is 64.2 Å². The van der Waals surface area contributed by atoms with Gasteiger partial charge in [-0.2, -0.15) is 0 Å². The van der Waals surface area contributed by atoms with Crippen LogP contribution in [-0.4, -0.2) is 20.2 Å². The van der Waals surface area contributed by atoms with E-state index >= 15 is 0 Å². The van der Waals surface area contributed by atoms with Gasteiger partial charge in [-0.1, -0.05) is 75.6 Å². The van der Waals surface area contributed by atoms with Crippen molar-refractivity contribution >= 4 is 5.97 Å². The van der Waals surface area contributed by atoms with Gasteiger partial charge in [-0.3, -0.25) is 9.13 Å². The second-order valence-electron chi connectivity index (χ2n) is 10.5. The smallest absolute Gasteiger partial charge is 0.336 e. The highest BCUT2D eigenvalue weighted by atomic mass is 19.1. The first-order chi connectivity index (χ1) is 17.4. The summed E-state index contributed by atoms with van der Waals surface area (Å²) in [6.07, 6.45) is 7.38. The maximum Gasteiger partial charge on any atom is 0.336 e. The van der Waals surface area contributed by atoms with Crippen LogP contribution in [0.3, 0.4) is 0 Å². The average molecular weight is 493 g/mol. The Morgan fingerprint density at radius 1 is 1.00 bits per heavy atom. The largest absolute Gasteiger partial charge is 0.478 e. The molecule has 0 unspecified atom stereocenters. The third-order valence-corrected chi connectivity index (χ3v) is 7.46. The second-order valence-corrected chi connectivity index (χ2v) is 10.5. The van der Waals surface area contributed by atoms with E-state index in [-0.39, 0.29) is 11.3 Å². The number of aromatic nitrogens is 2. The monoisotopic (exact) mass is 492 g/mol. The number of alkyl halides is 1. The molecule has 0 spiro atoms. The molecule has 0 bridgehead atoms. The Morgan fingerprint density at radius 3 is 2.33 bits per heavy atom. The van der Waals surface area contributed by atoms with Gasteiger partial charge in [0.15, 0.2) is 0 Å². The van der Waals surface area contributed by atoms with Crippen LogP contribution in [-0.2, 0) is 26.2 Å². The van der Waals surface area contributed by atoms with Crippen molar-refractivity contribution in [2.75, 3.05) is 0 Å². The van der Waals surface area contributed by atoms with Gasteiger partial charge in [0.25, 0.3) is 0 Å². The number of carboxylic acid groups (broad SMARTS) is 1. The van der Waals surface area contributed by atoms with Gasteiger partial charge in [-0.05, 0) is 60.3 Å². The number of nitrogens with zero attached hydrogens (tertiary/aromatic N) is 2. The molecule has 4 rings (SSSR count). The molecule has 0 saturated heterocycles. The second kappa shape index (κ2) is 11.7. The van der Waals surface area contributed by atoms with Crippen molar-refractivity contribution in [2.45, 2.75) is 78.6 Å². The number of imidazole rings is 1. The zero-order valence-corrected chi connectivity index (χ0v) is 21.4. The number of carbonyl (C=O) groups is 1. The summed E-state index contributed by atoms with van der Waals surface area (Å²) in [5, 5.41) is 9.53. The summed E-state index contributed by atoms with van der Waals surface area (Å²) < 4.78 is 17.9. The molecule has 0 atom stereocenters. The molecule has 2 aromatic carbocycles. The number of halogens is 1. The summed E-state index contributed by atoms with van der Waals surface area (Å²) in [6.45, 7) is 4.63. The first kappa shape index (κ1) is 25.9. The van der Waals surface area contributed by atoms with Crippen molar-refractivity contribution in [3.8, 4) is 11.1 Å². The highest BCUT2D eigenvalue weighted by Crippen LogP contribution is 2.27. The molecular weight excluding hydrogens is 455 g/mol. The van der Waals surface area contributed by atoms with Crippen LogP contribution in [0.2, 0.25) is 0 Å². The lowest BCUT2D eigenvalue weighted by Crippen LogP contribution is -2.29. The molecule has 192 valence electrons. The molecule has 0 aliphatic heterocycles. The average Bonchev–Trinajstić information content (AvgIpc) is 3.13. The number of rotatable bonds is 10. The molecule has 1 aromatic heterocycles. The molecule has 1 heterocycles. The fraction of sp³-hybridized carbons (Fsp3) is 0.467. The van der Waals surface area contributed by atoms with Crippen LogP contribution in [0, 0.1) is 11.8 Å². The van der Waals surface area contributed by atoms with Crippen molar-refractivity contribution in [2.24, 2.45) is 11.8 Å². The van der Waals surface area contributed by atoms with Gasteiger partial charge >= 0.3 is 11.7 Å². The summed E-state index contributed by atoms with van der Waals surface area (Å²) in [6, 6.07) is 14.6. The Hall–Kier alpha value is -3.15. The number of hydrogen-bond acceptors (Lipinski definition) is 2. The first-order valence-electron chi connectivity index (χ1n) is 13.2. The number of hydrogen-bond donors (Lipinski definition) is 1. The van der Waals surface area contributed by atoms with Crippen LogP contribution >= 0.6 is 0 Å². The van der Waals surface area contributed by atoms with Crippen LogP contribution in [0.5, 0.6) is 0 Å². The Labute approximate surface area is 212 Å². The van der Waals surface area contributed by atoms with Gasteiger partial charge in [-0.15, -0.1) is 0 Å². The molecule has 0 radical (unpaired) electrons. The van der Waals surface area contributed by atoms with Crippen LogP contribution in [0.4, 0.5) is 4.39 Å². The number of carboxylic acids is 1. The molecule has 1 fully saturated rings. The lowest BCUT2D eigenvalue weighted by molar-refractivity contribution is 0.0697. The number of benzene rings is 2. The molecule has 5 nitrogen and oxygen atoms in total. The van der Waals surface area contributed by atoms with Gasteiger partial charge in [0, 0.05) is 12.2 Å². The Bertz CT molecular complexity index is 1230. The summed E-state index contributed by atoms with van der Waals surface area (Å²) in [5.74, 6) is -0.0745. The van der Waals surface area contributed by atoms with E-state index < -0.39 is 12.6 Å². The van der Waals surface area contributed by atoms with Crippen molar-refractivity contribution in [1.82, 2.24) is 9.13 Å². The molecule has 1 aliphatic rings. The van der Waals surface area contributed by atoms with E-state index in [1.165, 1.54) is 19.3 Å². The molecule has 6 heteroatoms. The van der Waals surface area contributed by atoms with E-state index in [9.17, 15) is 19.1 Å². The quantitative estimate of drug-likeness (QED) is 0.342. The third-order valence-electron chi connectivity index (χ3n) is 7.46. The highest BCUT2D eigenvalue weighted by Gasteiger charge is 2.23. The lowest BCUT2D eigenvalue weighted by atomic mass is 9.89. The van der Waals surface area contributed by atoms with Gasteiger partial charge in [0.1, 0.15) is 6.67 Å². The van der Waals surface area contributed by atoms with Crippen LogP contribution < -0.4 is 5.69 Å². The maximum absolute atomic E-state index is 14.4. The van der Waals surface area contributed by atoms with E-state index in [0.29, 0.717) is 42.6 Å². The minimum Gasteiger partial charge on any atom is -0.478 e. The van der Waals surface area contributed by atoms with Gasteiger partial charge in [-0.25, -0.2) is 14.0 Å². The minimum absolute atomic E-state index is 0.118.